The van der Waals surface area contributed by atoms with E-state index in [0.717, 1.165) is 25.8 Å². The van der Waals surface area contributed by atoms with E-state index in [4.69, 9.17) is 15.1 Å². The smallest absolute Gasteiger partial charge is 0.319 e. The van der Waals surface area contributed by atoms with Crippen LogP contribution in [0, 0.1) is 17.0 Å². The van der Waals surface area contributed by atoms with Crippen molar-refractivity contribution in [3.8, 4) is 23.0 Å². The van der Waals surface area contributed by atoms with Crippen LogP contribution in [0.5, 0.6) is 11.8 Å². The largest absolute Gasteiger partial charge is 0.508 e. The summed E-state index contributed by atoms with van der Waals surface area (Å²) in [5, 5.41) is 20.3. The number of carbonyl (C=O) groups is 1. The zero-order chi connectivity index (χ0) is 36.4. The second kappa shape index (κ2) is 15.0. The number of aryl methyl sites for hydroxylation is 1. The first-order chi connectivity index (χ1) is 24.5. The highest BCUT2D eigenvalue weighted by Gasteiger charge is 2.49. The molecule has 2 fully saturated rings. The highest BCUT2D eigenvalue weighted by molar-refractivity contribution is 6.37. The number of nitrogens with one attached hydrogen (secondary N) is 1. The van der Waals surface area contributed by atoms with E-state index in [9.17, 15) is 14.3 Å². The Kier molecular flexibility index (Phi) is 10.7. The molecule has 2 aliphatic rings. The first-order valence-corrected chi connectivity index (χ1v) is 17.9. The average Bonchev–Trinajstić information content (AvgIpc) is 3.65. The van der Waals surface area contributed by atoms with Gasteiger partial charge in [-0.05, 0) is 86.5 Å². The molecule has 2 atom stereocenters. The van der Waals surface area contributed by atoms with Crippen molar-refractivity contribution < 1.29 is 27.8 Å². The van der Waals surface area contributed by atoms with Crippen molar-refractivity contribution in [2.75, 3.05) is 51.3 Å². The molecule has 51 heavy (non-hydrogen) atoms. The molecule has 2 N–H and O–H groups in total. The van der Waals surface area contributed by atoms with E-state index in [1.807, 2.05) is 25.7 Å². The van der Waals surface area contributed by atoms with E-state index in [2.05, 4.69) is 14.9 Å². The molecule has 272 valence electrons. The van der Waals surface area contributed by atoms with Crippen molar-refractivity contribution in [2.45, 2.75) is 77.4 Å². The quantitative estimate of drug-likeness (QED) is 0.137. The zero-order valence-electron chi connectivity index (χ0n) is 29.7. The van der Waals surface area contributed by atoms with E-state index in [1.54, 1.807) is 13.1 Å². The number of anilines is 1. The number of hydrogen-bond acceptors (Lipinski definition) is 9. The third kappa shape index (κ3) is 7.04. The molecule has 0 saturated carbocycles. The fourth-order valence-corrected chi connectivity index (χ4v) is 7.72. The number of benzene rings is 2. The minimum absolute atomic E-state index is 0.00838. The van der Waals surface area contributed by atoms with Gasteiger partial charge < -0.3 is 19.6 Å². The van der Waals surface area contributed by atoms with Crippen LogP contribution in [0.25, 0.3) is 32.9 Å². The Morgan fingerprint density at radius 3 is 2.73 bits per heavy atom. The highest BCUT2D eigenvalue weighted by atomic mass is 19.1. The van der Waals surface area contributed by atoms with Gasteiger partial charge in [-0.3, -0.25) is 20.1 Å². The minimum Gasteiger partial charge on any atom is -0.508 e. The predicted molar refractivity (Wildman–Crippen MR) is 193 cm³/mol. The molecule has 1 amide bonds. The van der Waals surface area contributed by atoms with Gasteiger partial charge in [-0.25, -0.2) is 13.2 Å². The number of pyridine rings is 1. The number of ether oxygens (including phenoxy) is 1. The van der Waals surface area contributed by atoms with E-state index in [-0.39, 0.29) is 53.2 Å². The average molecular weight is 706 g/mol. The number of nitrogens with zero attached hydrogens (tertiary/aromatic N) is 6. The number of halogens is 3. The zero-order valence-corrected chi connectivity index (χ0v) is 29.7. The number of aromatic nitrogens is 3. The Bertz CT molecular complexity index is 1960. The highest BCUT2D eigenvalue weighted by Crippen LogP contribution is 2.42. The topological polar surface area (TPSA) is 119 Å². The number of hydrogen-bond donors (Lipinski definition) is 2. The van der Waals surface area contributed by atoms with Crippen LogP contribution in [0.1, 0.15) is 64.9 Å². The predicted octanol–water partition coefficient (Wildman–Crippen LogP) is 6.84. The lowest BCUT2D eigenvalue weighted by molar-refractivity contribution is -0.122. The van der Waals surface area contributed by atoms with Gasteiger partial charge in [0.2, 0.25) is 0 Å². The standard InChI is InChI=1S/C38H46F3N7O3/c1-5-14-47(15-8-10-30(42)36(50)46(4)7-3)35-28-20-43-33(27-18-25(49)17-23-11-12-29(40)26(6-2)31(23)27)32(41)34(28)44-37(45-35)51-22-38-13-9-16-48(38)21-24(39)19-38/h11-12,17-18,20,24,42,49H,5-10,13-16,19,21-22H2,1-4H3/t24-,38+/m1/s1. The number of phenolic OH excluding ortho intramolecular Hbond substituents is 1. The van der Waals surface area contributed by atoms with Crippen molar-refractivity contribution in [3.05, 3.63) is 47.7 Å². The normalized spacial score (nSPS) is 18.8. The van der Waals surface area contributed by atoms with Crippen LogP contribution in [-0.2, 0) is 11.2 Å². The van der Waals surface area contributed by atoms with E-state index >= 15 is 8.78 Å². The summed E-state index contributed by atoms with van der Waals surface area (Å²) in [6.07, 6.45) is 4.35. The number of alkyl halides is 1. The third-order valence-corrected chi connectivity index (χ3v) is 10.4. The summed E-state index contributed by atoms with van der Waals surface area (Å²) >= 11 is 0. The van der Waals surface area contributed by atoms with Crippen LogP contribution < -0.4 is 9.64 Å². The molecule has 0 bridgehead atoms. The maximum Gasteiger partial charge on any atom is 0.319 e. The minimum atomic E-state index is -0.953. The van der Waals surface area contributed by atoms with Gasteiger partial charge in [-0.15, -0.1) is 0 Å². The maximum atomic E-state index is 17.0. The van der Waals surface area contributed by atoms with Crippen molar-refractivity contribution in [2.24, 2.45) is 0 Å². The fraction of sp³-hybridized carbons (Fsp3) is 0.500. The molecule has 2 aliphatic heterocycles. The summed E-state index contributed by atoms with van der Waals surface area (Å²) in [4.78, 5) is 32.0. The molecule has 2 saturated heterocycles. The summed E-state index contributed by atoms with van der Waals surface area (Å²) in [5.74, 6) is -1.28. The third-order valence-electron chi connectivity index (χ3n) is 10.4. The van der Waals surface area contributed by atoms with Gasteiger partial charge in [0.15, 0.2) is 5.82 Å². The van der Waals surface area contributed by atoms with Gasteiger partial charge in [0.05, 0.1) is 16.6 Å². The van der Waals surface area contributed by atoms with Crippen LogP contribution in [0.15, 0.2) is 30.5 Å². The molecular formula is C38H46F3N7O3. The molecule has 4 aromatic rings. The molecule has 0 spiro atoms. The Balaban J connectivity index is 1.44. The van der Waals surface area contributed by atoms with Gasteiger partial charge in [-0.2, -0.15) is 9.97 Å². The Morgan fingerprint density at radius 2 is 1.98 bits per heavy atom. The SMILES string of the molecule is CCCN(CCCC(=N)C(=O)N(C)CC)c1nc(OC[C@@]23CCCN2C[C@H](F)C3)nc2c(F)c(-c3cc(O)cc4ccc(F)c(CC)c34)ncc12. The number of phenols is 1. The lowest BCUT2D eigenvalue weighted by Crippen LogP contribution is -2.43. The van der Waals surface area contributed by atoms with Crippen molar-refractivity contribution in [1.29, 1.82) is 5.41 Å². The number of carbonyl (C=O) groups excluding carboxylic acids is 1. The van der Waals surface area contributed by atoms with Crippen LogP contribution in [0.2, 0.25) is 0 Å². The first-order valence-electron chi connectivity index (χ1n) is 17.9. The Morgan fingerprint density at radius 1 is 1.18 bits per heavy atom. The van der Waals surface area contributed by atoms with E-state index < -0.39 is 23.3 Å². The summed E-state index contributed by atoms with van der Waals surface area (Å²) in [7, 11) is 1.66. The molecule has 4 heterocycles. The van der Waals surface area contributed by atoms with Crippen molar-refractivity contribution in [3.63, 3.8) is 0 Å². The van der Waals surface area contributed by atoms with Crippen molar-refractivity contribution in [1.82, 2.24) is 24.8 Å². The fourth-order valence-electron chi connectivity index (χ4n) is 7.72. The van der Waals surface area contributed by atoms with Gasteiger partial charge in [0.1, 0.15) is 41.4 Å². The second-order valence-corrected chi connectivity index (χ2v) is 13.7. The van der Waals surface area contributed by atoms with Crippen LogP contribution in [0.3, 0.4) is 0 Å². The summed E-state index contributed by atoms with van der Waals surface area (Å²) in [5.41, 5.74) is -0.0334. The molecule has 10 nitrogen and oxygen atoms in total. The monoisotopic (exact) mass is 705 g/mol. The number of rotatable bonds is 14. The first kappa shape index (κ1) is 36.3. The van der Waals surface area contributed by atoms with Crippen LogP contribution >= 0.6 is 0 Å². The summed E-state index contributed by atoms with van der Waals surface area (Å²) in [6, 6.07) is 5.71. The molecule has 0 unspecified atom stereocenters. The molecule has 13 heteroatoms. The number of fused-ring (bicyclic) bond motifs is 3. The Hall–Kier alpha value is -4.52. The summed E-state index contributed by atoms with van der Waals surface area (Å²) in [6.45, 7) is 8.38. The van der Waals surface area contributed by atoms with Gasteiger partial charge in [0, 0.05) is 51.4 Å². The molecule has 0 aliphatic carbocycles. The molecular weight excluding hydrogens is 659 g/mol. The molecule has 6 rings (SSSR count). The summed E-state index contributed by atoms with van der Waals surface area (Å²) < 4.78 is 52.9. The van der Waals surface area contributed by atoms with E-state index in [0.29, 0.717) is 73.0 Å². The van der Waals surface area contributed by atoms with Crippen LogP contribution in [-0.4, -0.2) is 99.6 Å². The lowest BCUT2D eigenvalue weighted by atomic mass is 9.94. The molecule has 2 aromatic carbocycles. The molecule has 0 radical (unpaired) electrons. The molecule has 2 aromatic heterocycles. The van der Waals surface area contributed by atoms with Crippen LogP contribution in [0.4, 0.5) is 19.0 Å². The van der Waals surface area contributed by atoms with E-state index in [1.165, 1.54) is 29.3 Å². The van der Waals surface area contributed by atoms with Gasteiger partial charge in [-0.1, -0.05) is 19.9 Å². The van der Waals surface area contributed by atoms with Gasteiger partial charge >= 0.3 is 6.01 Å². The number of amides is 1. The van der Waals surface area contributed by atoms with Gasteiger partial charge in [0.25, 0.3) is 5.91 Å². The number of aromatic hydroxyl groups is 1. The van der Waals surface area contributed by atoms with Crippen molar-refractivity contribution >= 4 is 39.1 Å². The Labute approximate surface area is 296 Å². The maximum absolute atomic E-state index is 17.0. The lowest BCUT2D eigenvalue weighted by Gasteiger charge is -2.31. The second-order valence-electron chi connectivity index (χ2n) is 13.7.